The number of carbonyl (C=O) groups is 4. The van der Waals surface area contributed by atoms with Gasteiger partial charge in [0.15, 0.2) is 0 Å². The molecule has 3 saturated heterocycles. The molecule has 2 atom stereocenters. The lowest BCUT2D eigenvalue weighted by atomic mass is 9.97. The van der Waals surface area contributed by atoms with Crippen LogP contribution in [-0.4, -0.2) is 128 Å². The van der Waals surface area contributed by atoms with Crippen LogP contribution in [0.2, 0.25) is 0 Å². The van der Waals surface area contributed by atoms with E-state index in [-0.39, 0.29) is 68.4 Å². The Kier molecular flexibility index (Phi) is 10.8. The summed E-state index contributed by atoms with van der Waals surface area (Å²) in [5.41, 5.74) is 4.17. The lowest BCUT2D eigenvalue weighted by Crippen LogP contribution is -2.75. The smallest absolute Gasteiger partial charge is 0.256 e. The predicted octanol–water partition coefficient (Wildman–Crippen LogP) is 3.65. The standard InChI is InChI=1S/C42H49N7O5/c1-4-20-47-29-39(52)48-36(25-31-14-17-33(50)18-15-31)42(54)46(28-37(48)49(47)38(51)19-16-30-10-6-5-7-11-30)26-32-12-8-13-34-35(27-44(3)40(32)34)41(53)45-22-9-21-43(2)23-24-45/h4-8,10-15,17-18,27,36-37,50H,1,9,16,19-26,28-29H2,2-3H3/t36-,37-/m0/s1. The van der Waals surface area contributed by atoms with Crippen LogP contribution in [0.3, 0.4) is 0 Å². The molecular weight excluding hydrogens is 683 g/mol. The van der Waals surface area contributed by atoms with Crippen LogP contribution < -0.4 is 0 Å². The molecule has 3 fully saturated rings. The SMILES string of the molecule is C=CCN1CC(=O)N2[C@@H](Cc3ccc(O)cc3)C(=O)N(Cc3cccc4c(C(=O)N5CCCN(C)CC5)cn(C)c34)C[C@@H]2N1C(=O)CCc1ccccc1. The molecule has 54 heavy (non-hydrogen) atoms. The second-order valence-corrected chi connectivity index (χ2v) is 14.7. The zero-order chi connectivity index (χ0) is 37.9. The molecule has 4 heterocycles. The maximum absolute atomic E-state index is 14.7. The van der Waals surface area contributed by atoms with Crippen molar-refractivity contribution in [1.29, 1.82) is 0 Å². The minimum absolute atomic E-state index is 0.000567. The van der Waals surface area contributed by atoms with Gasteiger partial charge in [0.05, 0.1) is 24.2 Å². The summed E-state index contributed by atoms with van der Waals surface area (Å²) < 4.78 is 1.96. The van der Waals surface area contributed by atoms with Crippen LogP contribution >= 0.6 is 0 Å². The minimum Gasteiger partial charge on any atom is -0.508 e. The van der Waals surface area contributed by atoms with E-state index in [9.17, 15) is 24.3 Å². The monoisotopic (exact) mass is 731 g/mol. The van der Waals surface area contributed by atoms with Crippen LogP contribution in [0.25, 0.3) is 10.9 Å². The number of phenolic OH excluding ortho intramolecular Hbond substituents is 1. The highest BCUT2D eigenvalue weighted by Gasteiger charge is 2.51. The summed E-state index contributed by atoms with van der Waals surface area (Å²) in [6.07, 6.45) is 4.70. The summed E-state index contributed by atoms with van der Waals surface area (Å²) in [5, 5.41) is 14.2. The number of benzene rings is 3. The fraction of sp³-hybridized carbons (Fsp3) is 0.381. The number of carbonyl (C=O) groups excluding carboxylic acids is 4. The molecule has 3 aliphatic rings. The van der Waals surface area contributed by atoms with Gasteiger partial charge in [-0.2, -0.15) is 0 Å². The highest BCUT2D eigenvalue weighted by atomic mass is 16.3. The summed E-state index contributed by atoms with van der Waals surface area (Å²) in [6, 6.07) is 21.4. The maximum atomic E-state index is 14.7. The molecule has 0 bridgehead atoms. The van der Waals surface area contributed by atoms with Crippen molar-refractivity contribution in [2.45, 2.75) is 44.4 Å². The van der Waals surface area contributed by atoms with E-state index in [1.165, 1.54) is 0 Å². The molecular formula is C42H49N7O5. The first-order chi connectivity index (χ1) is 26.1. The highest BCUT2D eigenvalue weighted by Crippen LogP contribution is 2.32. The molecule has 0 spiro atoms. The van der Waals surface area contributed by atoms with E-state index in [1.807, 2.05) is 71.2 Å². The Morgan fingerprint density at radius 3 is 2.44 bits per heavy atom. The Hall–Kier alpha value is -5.46. The Balaban J connectivity index is 1.23. The van der Waals surface area contributed by atoms with E-state index in [0.717, 1.165) is 47.1 Å². The van der Waals surface area contributed by atoms with Crippen LogP contribution in [0.4, 0.5) is 0 Å². The van der Waals surface area contributed by atoms with Gasteiger partial charge in [-0.25, -0.2) is 10.0 Å². The number of hydrogen-bond acceptors (Lipinski definition) is 7. The molecule has 282 valence electrons. The van der Waals surface area contributed by atoms with E-state index in [0.29, 0.717) is 25.1 Å². The van der Waals surface area contributed by atoms with Gasteiger partial charge in [-0.3, -0.25) is 19.2 Å². The fourth-order valence-electron chi connectivity index (χ4n) is 8.25. The van der Waals surface area contributed by atoms with Gasteiger partial charge in [-0.1, -0.05) is 66.7 Å². The molecule has 12 nitrogen and oxygen atoms in total. The molecule has 4 aromatic rings. The Morgan fingerprint density at radius 1 is 0.907 bits per heavy atom. The zero-order valence-electron chi connectivity index (χ0n) is 31.1. The maximum Gasteiger partial charge on any atom is 0.256 e. The van der Waals surface area contributed by atoms with E-state index in [1.54, 1.807) is 50.2 Å². The van der Waals surface area contributed by atoms with E-state index in [4.69, 9.17) is 0 Å². The van der Waals surface area contributed by atoms with Crippen molar-refractivity contribution in [3.05, 3.63) is 114 Å². The molecule has 1 N–H and O–H groups in total. The van der Waals surface area contributed by atoms with Crippen LogP contribution in [0, 0.1) is 0 Å². The third kappa shape index (κ3) is 7.49. The zero-order valence-corrected chi connectivity index (χ0v) is 31.1. The number of aryl methyl sites for hydroxylation is 2. The third-order valence-corrected chi connectivity index (χ3v) is 10.9. The van der Waals surface area contributed by atoms with Crippen molar-refractivity contribution in [3.63, 3.8) is 0 Å². The molecule has 4 amide bonds. The molecule has 0 aliphatic carbocycles. The van der Waals surface area contributed by atoms with E-state index >= 15 is 0 Å². The van der Waals surface area contributed by atoms with E-state index in [2.05, 4.69) is 18.5 Å². The number of para-hydroxylation sites is 1. The van der Waals surface area contributed by atoms with Crippen molar-refractivity contribution in [2.75, 3.05) is 52.9 Å². The van der Waals surface area contributed by atoms with Gasteiger partial charge in [0, 0.05) is 64.2 Å². The topological polar surface area (TPSA) is 113 Å². The van der Waals surface area contributed by atoms with Crippen molar-refractivity contribution >= 4 is 34.5 Å². The number of hydrazine groups is 1. The summed E-state index contributed by atoms with van der Waals surface area (Å²) >= 11 is 0. The van der Waals surface area contributed by atoms with Crippen molar-refractivity contribution in [1.82, 2.24) is 34.2 Å². The van der Waals surface area contributed by atoms with Gasteiger partial charge >= 0.3 is 0 Å². The predicted molar refractivity (Wildman–Crippen MR) is 206 cm³/mol. The van der Waals surface area contributed by atoms with Crippen LogP contribution in [0.15, 0.2) is 91.6 Å². The second-order valence-electron chi connectivity index (χ2n) is 14.7. The first-order valence-corrected chi connectivity index (χ1v) is 18.8. The Bertz CT molecular complexity index is 2030. The first-order valence-electron chi connectivity index (χ1n) is 18.8. The largest absolute Gasteiger partial charge is 0.508 e. The molecule has 0 unspecified atom stereocenters. The van der Waals surface area contributed by atoms with Gasteiger partial charge in [0.1, 0.15) is 18.0 Å². The van der Waals surface area contributed by atoms with Crippen molar-refractivity contribution in [3.8, 4) is 5.75 Å². The van der Waals surface area contributed by atoms with Crippen LogP contribution in [0.1, 0.15) is 39.9 Å². The van der Waals surface area contributed by atoms with Crippen LogP contribution in [0.5, 0.6) is 5.75 Å². The minimum atomic E-state index is -0.887. The number of piperazine rings is 1. The number of nitrogens with zero attached hydrogens (tertiary/aromatic N) is 7. The molecule has 3 aliphatic heterocycles. The normalized spacial score (nSPS) is 20.0. The van der Waals surface area contributed by atoms with Crippen molar-refractivity contribution in [2.24, 2.45) is 7.05 Å². The first kappa shape index (κ1) is 36.9. The Labute approximate surface area is 316 Å². The summed E-state index contributed by atoms with van der Waals surface area (Å²) in [6.45, 7) is 7.58. The molecule has 3 aromatic carbocycles. The van der Waals surface area contributed by atoms with Gasteiger partial charge in [-0.15, -0.1) is 6.58 Å². The van der Waals surface area contributed by atoms with Gasteiger partial charge in [0.25, 0.3) is 5.91 Å². The molecule has 0 radical (unpaired) electrons. The molecule has 12 heteroatoms. The molecule has 7 rings (SSSR count). The number of phenols is 1. The number of aromatic nitrogens is 1. The highest BCUT2D eigenvalue weighted by molar-refractivity contribution is 6.07. The number of rotatable bonds is 10. The number of likely N-dealkylation sites (N-methyl/N-ethyl adjacent to an activating group) is 1. The molecule has 1 aromatic heterocycles. The van der Waals surface area contributed by atoms with Gasteiger partial charge < -0.3 is 29.3 Å². The van der Waals surface area contributed by atoms with Gasteiger partial charge in [-0.05, 0) is 55.3 Å². The lowest BCUT2D eigenvalue weighted by Gasteiger charge is -2.55. The molecule has 0 saturated carbocycles. The van der Waals surface area contributed by atoms with E-state index < -0.39 is 12.2 Å². The number of fused-ring (bicyclic) bond motifs is 2. The summed E-state index contributed by atoms with van der Waals surface area (Å²) in [7, 11) is 4.00. The van der Waals surface area contributed by atoms with Crippen LogP contribution in [-0.2, 0) is 40.8 Å². The lowest BCUT2D eigenvalue weighted by molar-refractivity contribution is -0.205. The third-order valence-electron chi connectivity index (χ3n) is 10.9. The Morgan fingerprint density at radius 2 is 1.69 bits per heavy atom. The second kappa shape index (κ2) is 15.9. The number of aromatic hydroxyl groups is 1. The average molecular weight is 732 g/mol. The van der Waals surface area contributed by atoms with Crippen molar-refractivity contribution < 1.29 is 24.3 Å². The number of hydrogen-bond donors (Lipinski definition) is 1. The van der Waals surface area contributed by atoms with Gasteiger partial charge in [0.2, 0.25) is 17.7 Å². The number of amides is 4. The summed E-state index contributed by atoms with van der Waals surface area (Å²) in [5.74, 6) is -0.502. The fourth-order valence-corrected chi connectivity index (χ4v) is 8.25. The quantitative estimate of drug-likeness (QED) is 0.248. The average Bonchev–Trinajstić information content (AvgIpc) is 3.35. The summed E-state index contributed by atoms with van der Waals surface area (Å²) in [4.78, 5) is 64.4.